The highest BCUT2D eigenvalue weighted by atomic mass is 17.2. The zero-order valence-corrected chi connectivity index (χ0v) is 13.5. The van der Waals surface area contributed by atoms with E-state index >= 15 is 0 Å². The Bertz CT molecular complexity index is 464. The third-order valence-electron chi connectivity index (χ3n) is 4.62. The number of rotatable bonds is 4. The van der Waals surface area contributed by atoms with Crippen molar-refractivity contribution >= 4 is 5.97 Å². The van der Waals surface area contributed by atoms with Crippen LogP contribution >= 0.6 is 0 Å². The molecule has 3 unspecified atom stereocenters. The van der Waals surface area contributed by atoms with Crippen LogP contribution in [0.15, 0.2) is 24.3 Å². The molecule has 0 amide bonds. The summed E-state index contributed by atoms with van der Waals surface area (Å²) in [5.41, 5.74) is 1.75. The van der Waals surface area contributed by atoms with Gasteiger partial charge in [0.05, 0.1) is 5.56 Å². The molecule has 21 heavy (non-hydrogen) atoms. The molecule has 3 nitrogen and oxygen atoms in total. The molecule has 2 rings (SSSR count). The molecule has 1 aromatic rings. The van der Waals surface area contributed by atoms with Crippen molar-refractivity contribution in [3.8, 4) is 0 Å². The first-order chi connectivity index (χ1) is 9.97. The number of carbonyl (C=O) groups excluding carboxylic acids is 1. The summed E-state index contributed by atoms with van der Waals surface area (Å²) >= 11 is 0. The molecule has 1 aromatic carbocycles. The number of benzene rings is 1. The SMILES string of the molecule is CC(C)c1ccc(C(=O)OOC2CCC(C)C(C)C2)cc1. The molecule has 3 heteroatoms. The van der Waals surface area contributed by atoms with Gasteiger partial charge in [-0.15, -0.1) is 0 Å². The Kier molecular flexibility index (Phi) is 5.40. The zero-order valence-electron chi connectivity index (χ0n) is 13.5. The van der Waals surface area contributed by atoms with Gasteiger partial charge < -0.3 is 0 Å². The Morgan fingerprint density at radius 3 is 2.33 bits per heavy atom. The average molecular weight is 290 g/mol. The van der Waals surface area contributed by atoms with Gasteiger partial charge in [0.25, 0.3) is 0 Å². The molecule has 3 atom stereocenters. The normalized spacial score (nSPS) is 25.9. The van der Waals surface area contributed by atoms with Gasteiger partial charge in [-0.25, -0.2) is 4.79 Å². The van der Waals surface area contributed by atoms with Gasteiger partial charge in [0.15, 0.2) is 0 Å². The third kappa shape index (κ3) is 4.31. The molecule has 1 saturated carbocycles. The van der Waals surface area contributed by atoms with Crippen molar-refractivity contribution < 1.29 is 14.6 Å². The highest BCUT2D eigenvalue weighted by Gasteiger charge is 2.26. The molecule has 116 valence electrons. The van der Waals surface area contributed by atoms with E-state index in [-0.39, 0.29) is 6.10 Å². The number of carbonyl (C=O) groups is 1. The van der Waals surface area contributed by atoms with Crippen LogP contribution in [0.25, 0.3) is 0 Å². The predicted octanol–water partition coefficient (Wildman–Crippen LogP) is 4.72. The molecule has 1 fully saturated rings. The molecule has 0 aromatic heterocycles. The van der Waals surface area contributed by atoms with E-state index in [1.165, 1.54) is 5.56 Å². The summed E-state index contributed by atoms with van der Waals surface area (Å²) in [6.45, 7) is 8.75. The lowest BCUT2D eigenvalue weighted by atomic mass is 9.80. The molecule has 0 N–H and O–H groups in total. The van der Waals surface area contributed by atoms with Crippen molar-refractivity contribution in [1.82, 2.24) is 0 Å². The molecule has 1 aliphatic carbocycles. The topological polar surface area (TPSA) is 35.5 Å². The smallest absolute Gasteiger partial charge is 0.293 e. The van der Waals surface area contributed by atoms with Crippen molar-refractivity contribution in [1.29, 1.82) is 0 Å². The summed E-state index contributed by atoms with van der Waals surface area (Å²) in [5.74, 6) is 1.39. The fourth-order valence-corrected chi connectivity index (χ4v) is 2.75. The Balaban J connectivity index is 1.84. The van der Waals surface area contributed by atoms with Crippen LogP contribution in [0.2, 0.25) is 0 Å². The highest BCUT2D eigenvalue weighted by Crippen LogP contribution is 2.31. The summed E-state index contributed by atoms with van der Waals surface area (Å²) in [7, 11) is 0. The second-order valence-corrected chi connectivity index (χ2v) is 6.63. The van der Waals surface area contributed by atoms with E-state index in [9.17, 15) is 4.79 Å². The lowest BCUT2D eigenvalue weighted by Crippen LogP contribution is -2.27. The third-order valence-corrected chi connectivity index (χ3v) is 4.62. The van der Waals surface area contributed by atoms with Crippen LogP contribution < -0.4 is 0 Å². The molecule has 0 heterocycles. The summed E-state index contributed by atoms with van der Waals surface area (Å²) in [6, 6.07) is 7.52. The summed E-state index contributed by atoms with van der Waals surface area (Å²) in [5, 5.41) is 0. The average Bonchev–Trinajstić information content (AvgIpc) is 2.48. The van der Waals surface area contributed by atoms with Gasteiger partial charge in [0.2, 0.25) is 0 Å². The van der Waals surface area contributed by atoms with Crippen LogP contribution in [0.5, 0.6) is 0 Å². The Labute approximate surface area is 127 Å². The highest BCUT2D eigenvalue weighted by molar-refractivity contribution is 5.88. The van der Waals surface area contributed by atoms with Crippen LogP contribution in [0.3, 0.4) is 0 Å². The zero-order chi connectivity index (χ0) is 15.4. The van der Waals surface area contributed by atoms with Crippen LogP contribution in [-0.4, -0.2) is 12.1 Å². The number of hydrogen-bond acceptors (Lipinski definition) is 3. The van der Waals surface area contributed by atoms with Crippen LogP contribution in [0.4, 0.5) is 0 Å². The second kappa shape index (κ2) is 7.08. The van der Waals surface area contributed by atoms with Crippen molar-refractivity contribution in [2.24, 2.45) is 11.8 Å². The maximum absolute atomic E-state index is 12.0. The van der Waals surface area contributed by atoms with Crippen LogP contribution in [0.1, 0.15) is 68.8 Å². The largest absolute Gasteiger partial charge is 0.373 e. The first-order valence-corrected chi connectivity index (χ1v) is 7.95. The van der Waals surface area contributed by atoms with Crippen LogP contribution in [-0.2, 0) is 9.78 Å². The Hall–Kier alpha value is -1.35. The van der Waals surface area contributed by atoms with Crippen molar-refractivity contribution in [3.05, 3.63) is 35.4 Å². The Morgan fingerprint density at radius 2 is 1.76 bits per heavy atom. The first-order valence-electron chi connectivity index (χ1n) is 7.95. The predicted molar refractivity (Wildman–Crippen MR) is 83.0 cm³/mol. The van der Waals surface area contributed by atoms with Gasteiger partial charge >= 0.3 is 5.97 Å². The maximum Gasteiger partial charge on any atom is 0.373 e. The molecular weight excluding hydrogens is 264 g/mol. The quantitative estimate of drug-likeness (QED) is 0.594. The molecular formula is C18H26O3. The van der Waals surface area contributed by atoms with Gasteiger partial charge in [-0.2, -0.15) is 4.89 Å². The van der Waals surface area contributed by atoms with E-state index in [2.05, 4.69) is 27.7 Å². The monoisotopic (exact) mass is 290 g/mol. The molecule has 0 saturated heterocycles. The lowest BCUT2D eigenvalue weighted by Gasteiger charge is -2.30. The van der Waals surface area contributed by atoms with Crippen molar-refractivity contribution in [2.75, 3.05) is 0 Å². The van der Waals surface area contributed by atoms with Gasteiger partial charge in [-0.05, 0) is 54.7 Å². The maximum atomic E-state index is 12.0. The van der Waals surface area contributed by atoms with E-state index in [1.54, 1.807) is 12.1 Å². The first kappa shape index (κ1) is 16.0. The van der Waals surface area contributed by atoms with Gasteiger partial charge in [-0.1, -0.05) is 39.8 Å². The van der Waals surface area contributed by atoms with E-state index < -0.39 is 5.97 Å². The Morgan fingerprint density at radius 1 is 1.10 bits per heavy atom. The molecule has 0 bridgehead atoms. The van der Waals surface area contributed by atoms with Gasteiger partial charge in [0.1, 0.15) is 6.10 Å². The minimum absolute atomic E-state index is 0.0371. The van der Waals surface area contributed by atoms with E-state index in [4.69, 9.17) is 9.78 Å². The van der Waals surface area contributed by atoms with E-state index in [0.717, 1.165) is 25.2 Å². The van der Waals surface area contributed by atoms with Crippen molar-refractivity contribution in [3.63, 3.8) is 0 Å². The van der Waals surface area contributed by atoms with E-state index in [1.807, 2.05) is 12.1 Å². The minimum atomic E-state index is -0.406. The standard InChI is InChI=1S/C18H26O3/c1-12(2)15-6-8-16(9-7-15)18(19)21-20-17-10-5-13(3)14(4)11-17/h6-9,12-14,17H,5,10-11H2,1-4H3. The summed E-state index contributed by atoms with van der Waals surface area (Å²) < 4.78 is 0. The molecule has 0 spiro atoms. The molecule has 0 aliphatic heterocycles. The minimum Gasteiger partial charge on any atom is -0.293 e. The van der Waals surface area contributed by atoms with E-state index in [0.29, 0.717) is 17.4 Å². The lowest BCUT2D eigenvalue weighted by molar-refractivity contribution is -0.283. The number of hydrogen-bond donors (Lipinski definition) is 0. The van der Waals surface area contributed by atoms with Gasteiger partial charge in [-0.3, -0.25) is 4.89 Å². The molecule has 1 aliphatic rings. The fourth-order valence-electron chi connectivity index (χ4n) is 2.75. The van der Waals surface area contributed by atoms with Crippen LogP contribution in [0, 0.1) is 11.8 Å². The summed E-state index contributed by atoms with van der Waals surface area (Å²) in [4.78, 5) is 22.3. The molecule has 0 radical (unpaired) electrons. The van der Waals surface area contributed by atoms with Gasteiger partial charge in [0, 0.05) is 0 Å². The fraction of sp³-hybridized carbons (Fsp3) is 0.611. The van der Waals surface area contributed by atoms with Crippen molar-refractivity contribution in [2.45, 2.75) is 59.0 Å². The summed E-state index contributed by atoms with van der Waals surface area (Å²) in [6.07, 6.45) is 3.09. The second-order valence-electron chi connectivity index (χ2n) is 6.63.